The molecule has 5 nitrogen and oxygen atoms in total. The van der Waals surface area contributed by atoms with Crippen LogP contribution in [0.3, 0.4) is 0 Å². The number of hydrogen-bond donors (Lipinski definition) is 1. The Kier molecular flexibility index (Phi) is 2.74. The number of amides is 1. The number of alkyl halides is 2. The molecule has 1 aromatic rings. The number of carbonyl (C=O) groups excluding carboxylic acids is 1. The topological polar surface area (TPSA) is 72.2 Å². The van der Waals surface area contributed by atoms with E-state index in [0.717, 1.165) is 6.07 Å². The van der Waals surface area contributed by atoms with Gasteiger partial charge in [0.1, 0.15) is 0 Å². The highest BCUT2D eigenvalue weighted by atomic mass is 19.3. The fraction of sp³-hybridized carbons (Fsp3) is 0.300. The molecule has 1 heterocycles. The average molecular weight is 242 g/mol. The number of nitro groups is 1. The Morgan fingerprint density at radius 1 is 1.47 bits per heavy atom. The number of hydrogen-bond acceptors (Lipinski definition) is 3. The van der Waals surface area contributed by atoms with E-state index in [9.17, 15) is 23.7 Å². The molecule has 2 rings (SSSR count). The molecule has 1 unspecified atom stereocenters. The van der Waals surface area contributed by atoms with E-state index in [1.54, 1.807) is 0 Å². The van der Waals surface area contributed by atoms with Gasteiger partial charge >= 0.3 is 0 Å². The number of fused-ring (bicyclic) bond motifs is 1. The zero-order valence-corrected chi connectivity index (χ0v) is 8.52. The molecule has 90 valence electrons. The Hall–Kier alpha value is -2.05. The number of non-ortho nitro benzene ring substituents is 1. The van der Waals surface area contributed by atoms with E-state index in [4.69, 9.17) is 0 Å². The minimum absolute atomic E-state index is 0.0171. The van der Waals surface area contributed by atoms with Gasteiger partial charge in [0.15, 0.2) is 0 Å². The van der Waals surface area contributed by atoms with Crippen LogP contribution in [-0.4, -0.2) is 23.3 Å². The second kappa shape index (κ2) is 4.08. The molecule has 1 atom stereocenters. The first-order chi connectivity index (χ1) is 7.99. The summed E-state index contributed by atoms with van der Waals surface area (Å²) < 4.78 is 24.9. The summed E-state index contributed by atoms with van der Waals surface area (Å²) in [5, 5.41) is 12.6. The first-order valence-corrected chi connectivity index (χ1v) is 4.85. The number of carbonyl (C=O) groups is 1. The van der Waals surface area contributed by atoms with E-state index in [1.165, 1.54) is 12.1 Å². The van der Waals surface area contributed by atoms with Gasteiger partial charge in [0.05, 0.1) is 11.0 Å². The molecule has 1 aromatic carbocycles. The van der Waals surface area contributed by atoms with Gasteiger partial charge < -0.3 is 5.32 Å². The van der Waals surface area contributed by atoms with E-state index in [0.29, 0.717) is 5.56 Å². The lowest BCUT2D eigenvalue weighted by atomic mass is 9.95. The molecular formula is C10H8F2N2O3. The zero-order chi connectivity index (χ0) is 12.6. The van der Waals surface area contributed by atoms with E-state index < -0.39 is 23.3 Å². The summed E-state index contributed by atoms with van der Waals surface area (Å²) in [5.41, 5.74) is 0.273. The van der Waals surface area contributed by atoms with E-state index in [2.05, 4.69) is 5.32 Å². The molecular weight excluding hydrogens is 234 g/mol. The molecule has 7 heteroatoms. The summed E-state index contributed by atoms with van der Waals surface area (Å²) in [6, 6.07) is 2.44. The first kappa shape index (κ1) is 11.4. The highest BCUT2D eigenvalue weighted by Crippen LogP contribution is 2.24. The molecule has 1 N–H and O–H groups in total. The quantitative estimate of drug-likeness (QED) is 0.631. The molecule has 0 bridgehead atoms. The molecule has 0 fully saturated rings. The average Bonchev–Trinajstić information content (AvgIpc) is 2.28. The van der Waals surface area contributed by atoms with Crippen molar-refractivity contribution in [2.75, 3.05) is 0 Å². The fourth-order valence-corrected chi connectivity index (χ4v) is 1.75. The summed E-state index contributed by atoms with van der Waals surface area (Å²) in [6.45, 7) is 0. The van der Waals surface area contributed by atoms with Crippen molar-refractivity contribution in [1.29, 1.82) is 0 Å². The van der Waals surface area contributed by atoms with Gasteiger partial charge in [-0.3, -0.25) is 14.9 Å². The van der Waals surface area contributed by atoms with Crippen molar-refractivity contribution in [3.05, 3.63) is 39.4 Å². The highest BCUT2D eigenvalue weighted by Gasteiger charge is 2.31. The SMILES string of the molecule is O=C1NC(C(F)F)Cc2ccc([N+](=O)[O-])cc21. The number of rotatable bonds is 2. The standard InChI is InChI=1S/C10H8F2N2O3/c11-9(12)8-3-5-1-2-6(14(16)17)4-7(5)10(15)13-8/h1-2,4,8-9H,3H2,(H,13,15). The molecule has 1 aliphatic rings. The molecule has 1 amide bonds. The number of nitrogens with one attached hydrogen (secondary N) is 1. The van der Waals surface area contributed by atoms with Crippen LogP contribution in [0.2, 0.25) is 0 Å². The molecule has 0 aliphatic carbocycles. The van der Waals surface area contributed by atoms with Crippen molar-refractivity contribution < 1.29 is 18.5 Å². The van der Waals surface area contributed by atoms with Crippen LogP contribution in [0.1, 0.15) is 15.9 Å². The Bertz CT molecular complexity index is 490. The van der Waals surface area contributed by atoms with Crippen molar-refractivity contribution in [2.45, 2.75) is 18.9 Å². The summed E-state index contributed by atoms with van der Waals surface area (Å²) in [5.74, 6) is -0.694. The van der Waals surface area contributed by atoms with E-state index in [-0.39, 0.29) is 17.7 Å². The first-order valence-electron chi connectivity index (χ1n) is 4.85. The number of nitro benzene ring substituents is 1. The minimum Gasteiger partial charge on any atom is -0.343 e. The lowest BCUT2D eigenvalue weighted by Gasteiger charge is -2.24. The van der Waals surface area contributed by atoms with Crippen LogP contribution in [0, 0.1) is 10.1 Å². The third-order valence-electron chi connectivity index (χ3n) is 2.61. The molecule has 0 radical (unpaired) electrons. The monoisotopic (exact) mass is 242 g/mol. The molecule has 1 aliphatic heterocycles. The van der Waals surface area contributed by atoms with Gasteiger partial charge in [-0.25, -0.2) is 8.78 Å². The lowest BCUT2D eigenvalue weighted by molar-refractivity contribution is -0.384. The van der Waals surface area contributed by atoms with E-state index in [1.807, 2.05) is 0 Å². The molecule has 0 spiro atoms. The summed E-state index contributed by atoms with van der Waals surface area (Å²) >= 11 is 0. The Balaban J connectivity index is 2.38. The van der Waals surface area contributed by atoms with Gasteiger partial charge in [-0.15, -0.1) is 0 Å². The van der Waals surface area contributed by atoms with Crippen LogP contribution in [0.4, 0.5) is 14.5 Å². The van der Waals surface area contributed by atoms with Crippen molar-refractivity contribution in [2.24, 2.45) is 0 Å². The second-order valence-electron chi connectivity index (χ2n) is 3.72. The van der Waals surface area contributed by atoms with Crippen LogP contribution < -0.4 is 5.32 Å². The minimum atomic E-state index is -2.65. The zero-order valence-electron chi connectivity index (χ0n) is 8.52. The summed E-state index contributed by atoms with van der Waals surface area (Å²) in [6.07, 6.45) is -2.67. The van der Waals surface area contributed by atoms with Crippen LogP contribution in [0.5, 0.6) is 0 Å². The smallest absolute Gasteiger partial charge is 0.270 e. The van der Waals surface area contributed by atoms with Gasteiger partial charge in [0, 0.05) is 17.7 Å². The van der Waals surface area contributed by atoms with Gasteiger partial charge in [0.2, 0.25) is 0 Å². The largest absolute Gasteiger partial charge is 0.343 e. The van der Waals surface area contributed by atoms with Crippen LogP contribution >= 0.6 is 0 Å². The van der Waals surface area contributed by atoms with Crippen LogP contribution in [-0.2, 0) is 6.42 Å². The molecule has 0 saturated heterocycles. The normalized spacial score (nSPS) is 18.8. The predicted molar refractivity (Wildman–Crippen MR) is 54.1 cm³/mol. The second-order valence-corrected chi connectivity index (χ2v) is 3.72. The van der Waals surface area contributed by atoms with Crippen molar-refractivity contribution in [3.63, 3.8) is 0 Å². The maximum atomic E-state index is 12.5. The molecule has 17 heavy (non-hydrogen) atoms. The third kappa shape index (κ3) is 2.08. The third-order valence-corrected chi connectivity index (χ3v) is 2.61. The van der Waals surface area contributed by atoms with Crippen LogP contribution in [0.25, 0.3) is 0 Å². The predicted octanol–water partition coefficient (Wildman–Crippen LogP) is 1.51. The number of benzene rings is 1. The van der Waals surface area contributed by atoms with Gasteiger partial charge in [0.25, 0.3) is 18.0 Å². The van der Waals surface area contributed by atoms with Crippen molar-refractivity contribution >= 4 is 11.6 Å². The molecule has 0 saturated carbocycles. The van der Waals surface area contributed by atoms with Gasteiger partial charge in [-0.2, -0.15) is 0 Å². The fourth-order valence-electron chi connectivity index (χ4n) is 1.75. The summed E-state index contributed by atoms with van der Waals surface area (Å²) in [7, 11) is 0. The lowest BCUT2D eigenvalue weighted by Crippen LogP contribution is -2.45. The van der Waals surface area contributed by atoms with E-state index >= 15 is 0 Å². The Morgan fingerprint density at radius 2 is 2.18 bits per heavy atom. The van der Waals surface area contributed by atoms with Crippen molar-refractivity contribution in [1.82, 2.24) is 5.32 Å². The van der Waals surface area contributed by atoms with Gasteiger partial charge in [-0.1, -0.05) is 6.07 Å². The maximum absolute atomic E-state index is 12.5. The Morgan fingerprint density at radius 3 is 2.76 bits per heavy atom. The van der Waals surface area contributed by atoms with Gasteiger partial charge in [-0.05, 0) is 12.0 Å². The summed E-state index contributed by atoms with van der Waals surface area (Å²) in [4.78, 5) is 21.4. The maximum Gasteiger partial charge on any atom is 0.270 e. The molecule has 0 aromatic heterocycles. The highest BCUT2D eigenvalue weighted by molar-refractivity contribution is 5.97. The van der Waals surface area contributed by atoms with Crippen LogP contribution in [0.15, 0.2) is 18.2 Å². The number of halogens is 2. The van der Waals surface area contributed by atoms with Crippen molar-refractivity contribution in [3.8, 4) is 0 Å². The Labute approximate surface area is 94.6 Å². The number of nitrogens with zero attached hydrogens (tertiary/aromatic N) is 1.